The minimum atomic E-state index is -4.13. The number of phosphoric ester groups is 1. The molecule has 0 aliphatic carbocycles. The van der Waals surface area contributed by atoms with Crippen molar-refractivity contribution in [3.05, 3.63) is 101 Å². The summed E-state index contributed by atoms with van der Waals surface area (Å²) < 4.78 is 43.6. The van der Waals surface area contributed by atoms with Crippen LogP contribution in [-0.4, -0.2) is 5.11 Å². The number of phosphoric acid groups is 1. The molecule has 0 bridgehead atoms. The zero-order chi connectivity index (χ0) is 19.8. The normalized spacial score (nSPS) is 11.4. The summed E-state index contributed by atoms with van der Waals surface area (Å²) >= 11 is 0. The van der Waals surface area contributed by atoms with E-state index in [1.54, 1.807) is 24.3 Å². The van der Waals surface area contributed by atoms with Crippen molar-refractivity contribution >= 4 is 7.82 Å². The van der Waals surface area contributed by atoms with E-state index in [-0.39, 0.29) is 25.6 Å². The van der Waals surface area contributed by atoms with Crippen LogP contribution in [0.5, 0.6) is 5.75 Å². The van der Waals surface area contributed by atoms with Crippen molar-refractivity contribution in [3.63, 3.8) is 0 Å². The molecule has 1 N–H and O–H groups in total. The van der Waals surface area contributed by atoms with Crippen molar-refractivity contribution in [2.75, 3.05) is 0 Å². The summed E-state index contributed by atoms with van der Waals surface area (Å²) in [6.45, 7) is -0.365. The number of halogens is 1. The Balaban J connectivity index is 1.77. The average molecular weight is 402 g/mol. The maximum atomic E-state index is 14.2. The van der Waals surface area contributed by atoms with Gasteiger partial charge in [0.2, 0.25) is 0 Å². The fraction of sp³-hybridized carbons (Fsp3) is 0.143. The standard InChI is InChI=1S/C21H20FO5P/c22-20-13-19(14-23)11-12-21(20)27-28(24,25-15-17-7-3-1-4-8-17)26-16-18-9-5-2-6-10-18/h1-13,23H,14-16H2. The van der Waals surface area contributed by atoms with Crippen molar-refractivity contribution in [3.8, 4) is 5.75 Å². The molecule has 3 aromatic rings. The molecule has 3 rings (SSSR count). The molecule has 0 spiro atoms. The molecule has 0 saturated carbocycles. The SMILES string of the molecule is O=P(OCc1ccccc1)(OCc1ccccc1)Oc1ccc(CO)cc1F. The third-order valence-corrected chi connectivity index (χ3v) is 5.16. The van der Waals surface area contributed by atoms with Gasteiger partial charge in [-0.25, -0.2) is 8.96 Å². The molecule has 0 heterocycles. The van der Waals surface area contributed by atoms with Gasteiger partial charge in [0.05, 0.1) is 19.8 Å². The topological polar surface area (TPSA) is 65.0 Å². The van der Waals surface area contributed by atoms with Gasteiger partial charge in [-0.3, -0.25) is 9.05 Å². The second kappa shape index (κ2) is 9.62. The Morgan fingerprint density at radius 2 is 1.32 bits per heavy atom. The van der Waals surface area contributed by atoms with E-state index in [1.807, 2.05) is 36.4 Å². The summed E-state index contributed by atoms with van der Waals surface area (Å²) in [4.78, 5) is 0. The van der Waals surface area contributed by atoms with Crippen LogP contribution in [0.4, 0.5) is 4.39 Å². The zero-order valence-electron chi connectivity index (χ0n) is 15.0. The van der Waals surface area contributed by atoms with Crippen LogP contribution in [0, 0.1) is 5.82 Å². The van der Waals surface area contributed by atoms with Gasteiger partial charge in [-0.15, -0.1) is 0 Å². The molecule has 0 aliphatic heterocycles. The first-order chi connectivity index (χ1) is 13.6. The van der Waals surface area contributed by atoms with E-state index < -0.39 is 13.6 Å². The fourth-order valence-corrected chi connectivity index (χ4v) is 3.57. The Labute approximate surface area is 162 Å². The fourth-order valence-electron chi connectivity index (χ4n) is 2.38. The number of benzene rings is 3. The van der Waals surface area contributed by atoms with Crippen LogP contribution in [0.25, 0.3) is 0 Å². The Hall–Kier alpha value is -2.50. The highest BCUT2D eigenvalue weighted by molar-refractivity contribution is 7.48. The smallest absolute Gasteiger partial charge is 0.401 e. The highest BCUT2D eigenvalue weighted by atomic mass is 31.2. The van der Waals surface area contributed by atoms with E-state index in [4.69, 9.17) is 18.7 Å². The minimum Gasteiger partial charge on any atom is -0.401 e. The Bertz CT molecular complexity index is 887. The first-order valence-electron chi connectivity index (χ1n) is 8.64. The van der Waals surface area contributed by atoms with Gasteiger partial charge >= 0.3 is 7.82 Å². The van der Waals surface area contributed by atoms with E-state index in [1.165, 1.54) is 12.1 Å². The van der Waals surface area contributed by atoms with E-state index in [0.717, 1.165) is 17.2 Å². The zero-order valence-corrected chi connectivity index (χ0v) is 15.9. The predicted molar refractivity (Wildman–Crippen MR) is 103 cm³/mol. The molecular weight excluding hydrogens is 382 g/mol. The summed E-state index contributed by atoms with van der Waals surface area (Å²) in [5.41, 5.74) is 1.91. The molecule has 5 nitrogen and oxygen atoms in total. The predicted octanol–water partition coefficient (Wildman–Crippen LogP) is 5.24. The molecular formula is C21H20FO5P. The summed E-state index contributed by atoms with van der Waals surface area (Å²) in [6.07, 6.45) is 0. The molecule has 0 aromatic heterocycles. The highest BCUT2D eigenvalue weighted by Gasteiger charge is 2.30. The van der Waals surface area contributed by atoms with Gasteiger partial charge in [0.15, 0.2) is 11.6 Å². The molecule has 0 radical (unpaired) electrons. The van der Waals surface area contributed by atoms with Gasteiger partial charge < -0.3 is 9.63 Å². The number of rotatable bonds is 9. The molecule has 0 amide bonds. The number of hydrogen-bond acceptors (Lipinski definition) is 5. The lowest BCUT2D eigenvalue weighted by molar-refractivity contribution is 0.141. The van der Waals surface area contributed by atoms with Crippen LogP contribution in [0.15, 0.2) is 78.9 Å². The lowest BCUT2D eigenvalue weighted by Gasteiger charge is -2.19. The summed E-state index contributed by atoms with van der Waals surface area (Å²) in [5, 5.41) is 9.09. The number of aliphatic hydroxyl groups is 1. The second-order valence-corrected chi connectivity index (χ2v) is 7.57. The minimum absolute atomic E-state index is 0.0246. The molecule has 3 aromatic carbocycles. The van der Waals surface area contributed by atoms with Gasteiger partial charge in [-0.2, -0.15) is 0 Å². The molecule has 28 heavy (non-hydrogen) atoms. The largest absolute Gasteiger partial charge is 0.530 e. The van der Waals surface area contributed by atoms with Crippen LogP contribution in [-0.2, 0) is 33.4 Å². The third kappa shape index (κ3) is 5.75. The monoisotopic (exact) mass is 402 g/mol. The number of aliphatic hydroxyl groups excluding tert-OH is 1. The quantitative estimate of drug-likeness (QED) is 0.496. The average Bonchev–Trinajstić information content (AvgIpc) is 2.74. The molecule has 0 atom stereocenters. The van der Waals surface area contributed by atoms with E-state index >= 15 is 0 Å². The van der Waals surface area contributed by atoms with E-state index in [2.05, 4.69) is 0 Å². The van der Waals surface area contributed by atoms with Crippen molar-refractivity contribution in [2.24, 2.45) is 0 Å². The van der Waals surface area contributed by atoms with Gasteiger partial charge in [0.25, 0.3) is 0 Å². The summed E-state index contributed by atoms with van der Waals surface area (Å²) in [6, 6.07) is 22.1. The Morgan fingerprint density at radius 1 is 0.786 bits per heavy atom. The van der Waals surface area contributed by atoms with Gasteiger partial charge in [-0.1, -0.05) is 66.7 Å². The van der Waals surface area contributed by atoms with E-state index in [0.29, 0.717) is 5.56 Å². The Kier molecular flexibility index (Phi) is 6.95. The van der Waals surface area contributed by atoms with Gasteiger partial charge in [-0.05, 0) is 28.8 Å². The first-order valence-corrected chi connectivity index (χ1v) is 10.1. The van der Waals surface area contributed by atoms with Crippen LogP contribution in [0.2, 0.25) is 0 Å². The number of hydrogen-bond donors (Lipinski definition) is 1. The Morgan fingerprint density at radius 3 is 1.79 bits per heavy atom. The van der Waals surface area contributed by atoms with Crippen molar-refractivity contribution in [1.82, 2.24) is 0 Å². The molecule has 7 heteroatoms. The molecule has 0 saturated heterocycles. The molecule has 0 unspecified atom stereocenters. The lowest BCUT2D eigenvalue weighted by Crippen LogP contribution is -2.05. The maximum absolute atomic E-state index is 14.2. The highest BCUT2D eigenvalue weighted by Crippen LogP contribution is 2.51. The van der Waals surface area contributed by atoms with Crippen LogP contribution in [0.1, 0.15) is 16.7 Å². The lowest BCUT2D eigenvalue weighted by atomic mass is 10.2. The molecule has 0 aliphatic rings. The summed E-state index contributed by atoms with van der Waals surface area (Å²) in [5.74, 6) is -1.04. The van der Waals surface area contributed by atoms with E-state index in [9.17, 15) is 8.96 Å². The second-order valence-electron chi connectivity index (χ2n) is 5.98. The van der Waals surface area contributed by atoms with Crippen LogP contribution >= 0.6 is 7.82 Å². The molecule has 146 valence electrons. The van der Waals surface area contributed by atoms with Crippen LogP contribution < -0.4 is 4.52 Å². The molecule has 0 fully saturated rings. The first kappa shape index (κ1) is 20.2. The van der Waals surface area contributed by atoms with Gasteiger partial charge in [0.1, 0.15) is 0 Å². The summed E-state index contributed by atoms with van der Waals surface area (Å²) in [7, 11) is -4.13. The van der Waals surface area contributed by atoms with Crippen molar-refractivity contribution < 1.29 is 27.6 Å². The van der Waals surface area contributed by atoms with Crippen molar-refractivity contribution in [2.45, 2.75) is 19.8 Å². The van der Waals surface area contributed by atoms with Crippen molar-refractivity contribution in [1.29, 1.82) is 0 Å². The van der Waals surface area contributed by atoms with Crippen LogP contribution in [0.3, 0.4) is 0 Å². The third-order valence-electron chi connectivity index (χ3n) is 3.85. The van der Waals surface area contributed by atoms with Gasteiger partial charge in [0, 0.05) is 0 Å². The maximum Gasteiger partial charge on any atom is 0.530 e.